The van der Waals surface area contributed by atoms with Gasteiger partial charge in [0.25, 0.3) is 6.10 Å². The fourth-order valence-corrected chi connectivity index (χ4v) is 6.87. The maximum atomic E-state index is 12.8. The number of rotatable bonds is 4. The summed E-state index contributed by atoms with van der Waals surface area (Å²) in [5.74, 6) is 0.174. The van der Waals surface area contributed by atoms with E-state index in [0.717, 1.165) is 41.1 Å². The minimum absolute atomic E-state index is 0.0114. The first-order valence-corrected chi connectivity index (χ1v) is 14.3. The maximum Gasteiger partial charge on any atom is 0.434 e. The zero-order chi connectivity index (χ0) is 27.9. The summed E-state index contributed by atoms with van der Waals surface area (Å²) in [4.78, 5) is 17.5. The van der Waals surface area contributed by atoms with Gasteiger partial charge >= 0.3 is 18.4 Å². The van der Waals surface area contributed by atoms with E-state index in [1.165, 1.54) is 0 Å². The second-order valence-electron chi connectivity index (χ2n) is 10.4. The van der Waals surface area contributed by atoms with Crippen molar-refractivity contribution in [2.75, 3.05) is 49.1 Å². The first-order chi connectivity index (χ1) is 17.6. The highest BCUT2D eigenvalue weighted by atomic mass is 32.2. The number of carbonyl (C=O) groups excluding carboxylic acids is 1. The second-order valence-corrected chi connectivity index (χ2v) is 12.7. The molecule has 0 saturated carbocycles. The van der Waals surface area contributed by atoms with Crippen molar-refractivity contribution in [3.63, 3.8) is 0 Å². The number of ether oxygens (including phenoxy) is 1. The van der Waals surface area contributed by atoms with Crippen LogP contribution in [0.15, 0.2) is 18.2 Å². The summed E-state index contributed by atoms with van der Waals surface area (Å²) in [6.07, 6.45) is -14.8. The minimum atomic E-state index is -5.75. The first-order valence-electron chi connectivity index (χ1n) is 12.5. The third-order valence-corrected chi connectivity index (χ3v) is 9.40. The largest absolute Gasteiger partial charge is 0.434 e. The van der Waals surface area contributed by atoms with Crippen molar-refractivity contribution in [2.45, 2.75) is 63.1 Å². The topological polar surface area (TPSA) is 70.2 Å². The van der Waals surface area contributed by atoms with E-state index in [4.69, 9.17) is 0 Å². The van der Waals surface area contributed by atoms with Gasteiger partial charge in [-0.1, -0.05) is 12.1 Å². The molecule has 38 heavy (non-hydrogen) atoms. The van der Waals surface area contributed by atoms with Crippen molar-refractivity contribution in [1.29, 1.82) is 0 Å². The van der Waals surface area contributed by atoms with Crippen LogP contribution in [0.4, 0.5) is 36.8 Å². The summed E-state index contributed by atoms with van der Waals surface area (Å²) < 4.78 is 105. The molecule has 4 rings (SSSR count). The van der Waals surface area contributed by atoms with Crippen LogP contribution >= 0.6 is 0 Å². The van der Waals surface area contributed by atoms with Crippen LogP contribution in [-0.2, 0) is 21.1 Å². The van der Waals surface area contributed by atoms with E-state index >= 15 is 0 Å². The Bertz CT molecular complexity index is 1100. The Balaban J connectivity index is 1.43. The van der Waals surface area contributed by atoms with Gasteiger partial charge in [-0.3, -0.25) is 4.90 Å². The Morgan fingerprint density at radius 1 is 0.974 bits per heavy atom. The van der Waals surface area contributed by atoms with Crippen LogP contribution in [0.3, 0.4) is 0 Å². The van der Waals surface area contributed by atoms with Crippen molar-refractivity contribution in [3.8, 4) is 0 Å². The van der Waals surface area contributed by atoms with Gasteiger partial charge in [0.1, 0.15) is 0 Å². The van der Waals surface area contributed by atoms with Gasteiger partial charge in [0.05, 0.1) is 11.5 Å². The van der Waals surface area contributed by atoms with Crippen LogP contribution in [0.25, 0.3) is 0 Å². The van der Waals surface area contributed by atoms with E-state index in [2.05, 4.69) is 14.5 Å². The molecule has 0 aliphatic carbocycles. The molecule has 3 aliphatic rings. The first kappa shape index (κ1) is 28.8. The number of amides is 1. The fraction of sp³-hybridized carbons (Fsp3) is 0.708. The van der Waals surface area contributed by atoms with Crippen molar-refractivity contribution < 1.29 is 44.3 Å². The number of sulfone groups is 1. The fourth-order valence-electron chi connectivity index (χ4n) is 5.67. The Hall–Kier alpha value is -2.22. The lowest BCUT2D eigenvalue weighted by atomic mass is 9.84. The molecule has 3 fully saturated rings. The number of piperidine rings is 1. The lowest BCUT2D eigenvalue weighted by Gasteiger charge is -2.45. The average molecular weight is 572 g/mol. The van der Waals surface area contributed by atoms with Gasteiger partial charge in [-0.25, -0.2) is 13.2 Å². The summed E-state index contributed by atoms with van der Waals surface area (Å²) in [7, 11) is -3.05. The summed E-state index contributed by atoms with van der Waals surface area (Å²) >= 11 is 0. The molecule has 3 heterocycles. The second kappa shape index (κ2) is 10.4. The predicted molar refractivity (Wildman–Crippen MR) is 128 cm³/mol. The highest BCUT2D eigenvalue weighted by Crippen LogP contribution is 2.41. The molecule has 0 atom stereocenters. The van der Waals surface area contributed by atoms with Crippen LogP contribution in [0.2, 0.25) is 0 Å². The number of nitrogens with zero attached hydrogens (tertiary/aromatic N) is 3. The van der Waals surface area contributed by atoms with Crippen LogP contribution < -0.4 is 4.90 Å². The van der Waals surface area contributed by atoms with Crippen LogP contribution in [0.5, 0.6) is 0 Å². The van der Waals surface area contributed by atoms with E-state index < -0.39 is 34.4 Å². The zero-order valence-corrected chi connectivity index (χ0v) is 21.8. The number of hydrogen-bond donors (Lipinski definition) is 0. The van der Waals surface area contributed by atoms with Gasteiger partial charge in [-0.15, -0.1) is 0 Å². The Labute approximate surface area is 217 Å². The van der Waals surface area contributed by atoms with Crippen molar-refractivity contribution in [2.24, 2.45) is 0 Å². The van der Waals surface area contributed by atoms with Crippen molar-refractivity contribution >= 4 is 21.6 Å². The monoisotopic (exact) mass is 571 g/mol. The molecule has 0 radical (unpaired) electrons. The molecule has 0 N–H and O–H groups in total. The number of anilines is 1. The molecular formula is C24H31F6N3O4S. The number of aryl methyl sites for hydroxylation is 1. The minimum Gasteiger partial charge on any atom is -0.426 e. The van der Waals surface area contributed by atoms with E-state index in [1.54, 1.807) is 0 Å². The quantitative estimate of drug-likeness (QED) is 0.503. The Morgan fingerprint density at radius 2 is 1.58 bits per heavy atom. The molecule has 1 aromatic rings. The molecular weight excluding hydrogens is 540 g/mol. The highest BCUT2D eigenvalue weighted by molar-refractivity contribution is 7.91. The van der Waals surface area contributed by atoms with Gasteiger partial charge in [-0.05, 0) is 56.3 Å². The van der Waals surface area contributed by atoms with E-state index in [-0.39, 0.29) is 30.1 Å². The smallest absolute Gasteiger partial charge is 0.426 e. The number of benzene rings is 1. The van der Waals surface area contributed by atoms with Crippen molar-refractivity contribution in [1.82, 2.24) is 9.80 Å². The molecule has 214 valence electrons. The molecule has 14 heteroatoms. The molecule has 1 spiro atoms. The summed E-state index contributed by atoms with van der Waals surface area (Å²) in [6.45, 7) is 4.06. The number of likely N-dealkylation sites (tertiary alicyclic amines) is 2. The number of hydrogen-bond acceptors (Lipinski definition) is 6. The van der Waals surface area contributed by atoms with E-state index in [1.807, 2.05) is 25.1 Å². The standard InChI is InChI=1S/C24H31F6N3O4S/c1-17-3-4-18(19(15-17)31-11-13-38(35,36)14-12-31)16-33-8-2-5-22(33)6-9-32(10-7-22)21(34)37-20(23(25,26)27)24(28,29)30/h3-4,15,20H,2,5-14,16H2,1H3. The molecule has 1 amide bonds. The average Bonchev–Trinajstić information content (AvgIpc) is 3.19. The summed E-state index contributed by atoms with van der Waals surface area (Å²) in [6, 6.07) is 6.03. The molecule has 0 bridgehead atoms. The van der Waals surface area contributed by atoms with Gasteiger partial charge in [0, 0.05) is 44.0 Å². The Kier molecular flexibility index (Phi) is 7.88. The lowest BCUT2D eigenvalue weighted by molar-refractivity contribution is -0.308. The van der Waals surface area contributed by atoms with Crippen LogP contribution in [0.1, 0.15) is 36.8 Å². The van der Waals surface area contributed by atoms with Crippen LogP contribution in [0, 0.1) is 6.92 Å². The van der Waals surface area contributed by atoms with E-state index in [0.29, 0.717) is 32.5 Å². The number of carbonyl (C=O) groups is 1. The SMILES string of the molecule is Cc1ccc(CN2CCCC23CCN(C(=O)OC(C(F)(F)F)C(F)(F)F)CC3)c(N2CCS(=O)(=O)CC2)c1. The van der Waals surface area contributed by atoms with Gasteiger partial charge in [0.15, 0.2) is 9.84 Å². The Morgan fingerprint density at radius 3 is 2.16 bits per heavy atom. The molecule has 1 aromatic carbocycles. The zero-order valence-electron chi connectivity index (χ0n) is 20.9. The third-order valence-electron chi connectivity index (χ3n) is 7.79. The molecule has 0 aromatic heterocycles. The summed E-state index contributed by atoms with van der Waals surface area (Å²) in [5.41, 5.74) is 2.69. The summed E-state index contributed by atoms with van der Waals surface area (Å²) in [5, 5.41) is 0. The number of halogens is 6. The van der Waals surface area contributed by atoms with Gasteiger partial charge in [-0.2, -0.15) is 26.3 Å². The number of alkyl halides is 6. The van der Waals surface area contributed by atoms with Gasteiger partial charge < -0.3 is 14.5 Å². The molecule has 3 saturated heterocycles. The third kappa shape index (κ3) is 6.32. The predicted octanol–water partition coefficient (Wildman–Crippen LogP) is 4.29. The van der Waals surface area contributed by atoms with Gasteiger partial charge in [0.2, 0.25) is 0 Å². The molecule has 0 unspecified atom stereocenters. The lowest BCUT2D eigenvalue weighted by Crippen LogP contribution is -2.54. The maximum absolute atomic E-state index is 12.8. The van der Waals surface area contributed by atoms with Crippen molar-refractivity contribution in [3.05, 3.63) is 29.3 Å². The molecule has 3 aliphatic heterocycles. The molecule has 7 nitrogen and oxygen atoms in total. The highest BCUT2D eigenvalue weighted by Gasteiger charge is 2.60. The van der Waals surface area contributed by atoms with E-state index in [9.17, 15) is 39.6 Å². The van der Waals surface area contributed by atoms with Crippen LogP contribution in [-0.4, -0.2) is 92.5 Å². The normalized spacial score (nSPS) is 22.3.